The first-order chi connectivity index (χ1) is 10.7. The minimum absolute atomic E-state index is 0.00226. The van der Waals surface area contributed by atoms with Gasteiger partial charge >= 0.3 is 5.97 Å². The van der Waals surface area contributed by atoms with Crippen LogP contribution in [0.15, 0.2) is 48.5 Å². The first-order valence-electron chi connectivity index (χ1n) is 7.26. The molecule has 2 aromatic carbocycles. The maximum Gasteiger partial charge on any atom is 0.338 e. The predicted octanol–water partition coefficient (Wildman–Crippen LogP) is 3.11. The van der Waals surface area contributed by atoms with Crippen LogP contribution in [0.4, 0.5) is 0 Å². The molecule has 0 atom stereocenters. The summed E-state index contributed by atoms with van der Waals surface area (Å²) >= 11 is 0. The van der Waals surface area contributed by atoms with Crippen molar-refractivity contribution in [2.45, 2.75) is 20.0 Å². The van der Waals surface area contributed by atoms with Crippen molar-refractivity contribution in [2.75, 3.05) is 13.2 Å². The fourth-order valence-corrected chi connectivity index (χ4v) is 1.98. The van der Waals surface area contributed by atoms with Crippen LogP contribution in [-0.4, -0.2) is 24.3 Å². The molecule has 0 amide bonds. The van der Waals surface area contributed by atoms with Crippen molar-refractivity contribution < 1.29 is 19.4 Å². The first kappa shape index (κ1) is 16.0. The van der Waals surface area contributed by atoms with Crippen LogP contribution in [-0.2, 0) is 11.3 Å². The van der Waals surface area contributed by atoms with E-state index < -0.39 is 0 Å². The Bertz CT molecular complexity index is 608. The number of carbonyl (C=O) groups is 1. The van der Waals surface area contributed by atoms with Gasteiger partial charge < -0.3 is 14.6 Å². The molecule has 1 N–H and O–H groups in total. The largest absolute Gasteiger partial charge is 0.493 e. The molecular weight excluding hydrogens is 280 g/mol. The van der Waals surface area contributed by atoms with Crippen molar-refractivity contribution in [2.24, 2.45) is 0 Å². The highest BCUT2D eigenvalue weighted by molar-refractivity contribution is 5.89. The number of aliphatic hydroxyl groups excluding tert-OH is 1. The van der Waals surface area contributed by atoms with Crippen LogP contribution in [0, 0.1) is 6.92 Å². The molecule has 0 spiro atoms. The second-order valence-corrected chi connectivity index (χ2v) is 4.95. The number of hydrogen-bond acceptors (Lipinski definition) is 4. The van der Waals surface area contributed by atoms with Crippen LogP contribution in [0.1, 0.15) is 27.9 Å². The Morgan fingerprint density at radius 2 is 1.86 bits per heavy atom. The van der Waals surface area contributed by atoms with Crippen molar-refractivity contribution in [3.8, 4) is 5.75 Å². The number of hydrogen-bond donors (Lipinski definition) is 1. The third-order valence-corrected chi connectivity index (χ3v) is 3.29. The first-order valence-corrected chi connectivity index (χ1v) is 7.26. The fraction of sp³-hybridized carbons (Fsp3) is 0.278. The van der Waals surface area contributed by atoms with E-state index in [1.165, 1.54) is 0 Å². The van der Waals surface area contributed by atoms with Crippen LogP contribution in [0.25, 0.3) is 0 Å². The van der Waals surface area contributed by atoms with E-state index >= 15 is 0 Å². The molecule has 0 fully saturated rings. The zero-order valence-corrected chi connectivity index (χ0v) is 12.6. The minimum Gasteiger partial charge on any atom is -0.493 e. The molecule has 0 aliphatic rings. The van der Waals surface area contributed by atoms with Gasteiger partial charge in [-0.1, -0.05) is 24.3 Å². The average molecular weight is 300 g/mol. The Kier molecular flexibility index (Phi) is 5.98. The summed E-state index contributed by atoms with van der Waals surface area (Å²) in [5, 5.41) is 9.21. The summed E-state index contributed by atoms with van der Waals surface area (Å²) in [4.78, 5) is 11.7. The zero-order chi connectivity index (χ0) is 15.8. The van der Waals surface area contributed by atoms with E-state index in [-0.39, 0.29) is 12.6 Å². The molecule has 4 heteroatoms. The van der Waals surface area contributed by atoms with Gasteiger partial charge in [-0.25, -0.2) is 4.79 Å². The lowest BCUT2D eigenvalue weighted by atomic mass is 10.1. The topological polar surface area (TPSA) is 55.8 Å². The second kappa shape index (κ2) is 8.20. The molecule has 22 heavy (non-hydrogen) atoms. The van der Waals surface area contributed by atoms with Gasteiger partial charge in [0.2, 0.25) is 0 Å². The Morgan fingerprint density at radius 1 is 1.09 bits per heavy atom. The smallest absolute Gasteiger partial charge is 0.338 e. The van der Waals surface area contributed by atoms with Gasteiger partial charge in [0.05, 0.1) is 25.4 Å². The molecular formula is C18H20O4. The van der Waals surface area contributed by atoms with Gasteiger partial charge in [0.1, 0.15) is 5.75 Å². The zero-order valence-electron chi connectivity index (χ0n) is 12.6. The lowest BCUT2D eigenvalue weighted by molar-refractivity contribution is 0.0486. The van der Waals surface area contributed by atoms with Gasteiger partial charge in [-0.3, -0.25) is 0 Å². The van der Waals surface area contributed by atoms with Gasteiger partial charge in [0, 0.05) is 6.42 Å². The number of carbonyl (C=O) groups excluding carboxylic acids is 1. The summed E-state index contributed by atoms with van der Waals surface area (Å²) in [6.07, 6.45) is 0.612. The van der Waals surface area contributed by atoms with Crippen LogP contribution in [0.5, 0.6) is 5.75 Å². The molecule has 0 saturated carbocycles. The van der Waals surface area contributed by atoms with Gasteiger partial charge in [0.25, 0.3) is 0 Å². The SMILES string of the molecule is Cc1ccc(OCCCOC(=O)c2ccccc2)cc1CO. The van der Waals surface area contributed by atoms with E-state index in [2.05, 4.69) is 0 Å². The Hall–Kier alpha value is -2.33. The van der Waals surface area contributed by atoms with Gasteiger partial charge in [-0.05, 0) is 42.3 Å². The quantitative estimate of drug-likeness (QED) is 0.630. The van der Waals surface area contributed by atoms with Crippen LogP contribution in [0.2, 0.25) is 0 Å². The lowest BCUT2D eigenvalue weighted by Gasteiger charge is -2.09. The standard InChI is InChI=1S/C18H20O4/c1-14-8-9-17(12-16(14)13-19)21-10-5-11-22-18(20)15-6-3-2-4-7-15/h2-4,6-9,12,19H,5,10-11,13H2,1H3. The molecule has 0 radical (unpaired) electrons. The number of rotatable bonds is 7. The molecule has 0 saturated heterocycles. The summed E-state index contributed by atoms with van der Waals surface area (Å²) in [5.41, 5.74) is 2.44. The number of benzene rings is 2. The van der Waals surface area contributed by atoms with E-state index in [0.29, 0.717) is 30.9 Å². The number of aliphatic hydroxyl groups is 1. The highest BCUT2D eigenvalue weighted by atomic mass is 16.5. The van der Waals surface area contributed by atoms with Crippen LogP contribution >= 0.6 is 0 Å². The van der Waals surface area contributed by atoms with E-state index in [1.807, 2.05) is 31.2 Å². The molecule has 0 heterocycles. The maximum absolute atomic E-state index is 11.7. The molecule has 4 nitrogen and oxygen atoms in total. The number of ether oxygens (including phenoxy) is 2. The average Bonchev–Trinajstić information content (AvgIpc) is 2.56. The van der Waals surface area contributed by atoms with Gasteiger partial charge in [-0.15, -0.1) is 0 Å². The maximum atomic E-state index is 11.7. The van der Waals surface area contributed by atoms with E-state index in [0.717, 1.165) is 11.1 Å². The monoisotopic (exact) mass is 300 g/mol. The van der Waals surface area contributed by atoms with Crippen molar-refractivity contribution in [3.05, 3.63) is 65.2 Å². The van der Waals surface area contributed by atoms with Crippen molar-refractivity contribution in [3.63, 3.8) is 0 Å². The van der Waals surface area contributed by atoms with E-state index in [9.17, 15) is 9.90 Å². The summed E-state index contributed by atoms with van der Waals surface area (Å²) in [7, 11) is 0. The minimum atomic E-state index is -0.321. The second-order valence-electron chi connectivity index (χ2n) is 4.95. The molecule has 116 valence electrons. The summed E-state index contributed by atoms with van der Waals surface area (Å²) in [5.74, 6) is 0.391. The van der Waals surface area contributed by atoms with Crippen molar-refractivity contribution in [1.82, 2.24) is 0 Å². The molecule has 0 bridgehead atoms. The Labute approximate surface area is 130 Å². The fourth-order valence-electron chi connectivity index (χ4n) is 1.98. The van der Waals surface area contributed by atoms with Crippen molar-refractivity contribution >= 4 is 5.97 Å². The lowest BCUT2D eigenvalue weighted by Crippen LogP contribution is -2.09. The van der Waals surface area contributed by atoms with Crippen LogP contribution in [0.3, 0.4) is 0 Å². The summed E-state index contributed by atoms with van der Waals surface area (Å²) in [6, 6.07) is 14.5. The molecule has 0 aromatic heterocycles. The predicted molar refractivity (Wildman–Crippen MR) is 83.9 cm³/mol. The van der Waals surface area contributed by atoms with E-state index in [4.69, 9.17) is 9.47 Å². The van der Waals surface area contributed by atoms with E-state index in [1.54, 1.807) is 24.3 Å². The third kappa shape index (κ3) is 4.60. The summed E-state index contributed by atoms with van der Waals surface area (Å²) in [6.45, 7) is 2.71. The highest BCUT2D eigenvalue weighted by Gasteiger charge is 2.05. The Balaban J connectivity index is 1.70. The normalized spacial score (nSPS) is 10.3. The molecule has 0 aliphatic carbocycles. The third-order valence-electron chi connectivity index (χ3n) is 3.29. The number of esters is 1. The molecule has 2 rings (SSSR count). The summed E-state index contributed by atoms with van der Waals surface area (Å²) < 4.78 is 10.8. The highest BCUT2D eigenvalue weighted by Crippen LogP contribution is 2.17. The van der Waals surface area contributed by atoms with Crippen LogP contribution < -0.4 is 4.74 Å². The Morgan fingerprint density at radius 3 is 2.59 bits per heavy atom. The van der Waals surface area contributed by atoms with Gasteiger partial charge in [-0.2, -0.15) is 0 Å². The molecule has 0 unspecified atom stereocenters. The van der Waals surface area contributed by atoms with Crippen molar-refractivity contribution in [1.29, 1.82) is 0 Å². The van der Waals surface area contributed by atoms with Gasteiger partial charge in [0.15, 0.2) is 0 Å². The number of aryl methyl sites for hydroxylation is 1. The molecule has 2 aromatic rings. The molecule has 0 aliphatic heterocycles.